The van der Waals surface area contributed by atoms with Crippen LogP contribution in [0.4, 0.5) is 0 Å². The van der Waals surface area contributed by atoms with Gasteiger partial charge < -0.3 is 0 Å². The predicted octanol–water partition coefficient (Wildman–Crippen LogP) is 3.81. The molecule has 150 valence electrons. The molecule has 2 aromatic carbocycles. The molecule has 0 unspecified atom stereocenters. The third-order valence-electron chi connectivity index (χ3n) is 5.32. The summed E-state index contributed by atoms with van der Waals surface area (Å²) in [6.07, 6.45) is 4.89. The molecule has 8 heteroatoms. The maximum absolute atomic E-state index is 12.0. The first kappa shape index (κ1) is 20.0. The predicted molar refractivity (Wildman–Crippen MR) is 119 cm³/mol. The van der Waals surface area contributed by atoms with Crippen LogP contribution in [-0.4, -0.2) is 35.5 Å². The molecule has 0 atom stereocenters. The zero-order chi connectivity index (χ0) is 20.6. The van der Waals surface area contributed by atoms with Gasteiger partial charge in [0.05, 0.1) is 12.4 Å². The van der Waals surface area contributed by atoms with Crippen LogP contribution in [0.1, 0.15) is 47.2 Å². The molecule has 2 aromatic rings. The quantitative estimate of drug-likeness (QED) is 0.738. The van der Waals surface area contributed by atoms with Gasteiger partial charge in [-0.15, -0.1) is 0 Å². The normalized spacial score (nSPS) is 19.5. The molecule has 6 nitrogen and oxygen atoms in total. The molecular formula is C21H21N3O3S2. The highest BCUT2D eigenvalue weighted by Gasteiger charge is 2.46. The van der Waals surface area contributed by atoms with Crippen LogP contribution in [0.3, 0.4) is 0 Å². The number of benzene rings is 2. The van der Waals surface area contributed by atoms with Crippen molar-refractivity contribution in [2.75, 3.05) is 5.75 Å². The van der Waals surface area contributed by atoms with Gasteiger partial charge in [0.1, 0.15) is 5.54 Å². The van der Waals surface area contributed by atoms with E-state index in [1.165, 1.54) is 0 Å². The smallest absolute Gasteiger partial charge is 0.280 e. The summed E-state index contributed by atoms with van der Waals surface area (Å²) in [5.41, 5.74) is 4.71. The van der Waals surface area contributed by atoms with Crippen LogP contribution in [0.2, 0.25) is 0 Å². The minimum absolute atomic E-state index is 0.251. The summed E-state index contributed by atoms with van der Waals surface area (Å²) < 4.78 is 33.4. The molecule has 2 aliphatic heterocycles. The Kier molecular flexibility index (Phi) is 5.18. The summed E-state index contributed by atoms with van der Waals surface area (Å²) in [4.78, 5) is 4.71. The number of aliphatic imine (C=N–C) groups is 1. The van der Waals surface area contributed by atoms with Gasteiger partial charge in [0, 0.05) is 16.9 Å². The fraction of sp³-hybridized carbons (Fsp3) is 0.286. The molecule has 4 rings (SSSR count). The third kappa shape index (κ3) is 3.35. The molecule has 0 bridgehead atoms. The summed E-state index contributed by atoms with van der Waals surface area (Å²) in [6.45, 7) is 4.12. The van der Waals surface area contributed by atoms with Crippen LogP contribution in [-0.2, 0) is 28.5 Å². The summed E-state index contributed by atoms with van der Waals surface area (Å²) in [5, 5.41) is 8.41. The molecule has 29 heavy (non-hydrogen) atoms. The minimum atomic E-state index is -4.41. The lowest BCUT2D eigenvalue weighted by atomic mass is 9.75. The van der Waals surface area contributed by atoms with Crippen molar-refractivity contribution in [1.82, 2.24) is 0 Å². The molecule has 1 N–H and O–H groups in total. The molecule has 0 amide bonds. The first-order valence-corrected chi connectivity index (χ1v) is 11.8. The average Bonchev–Trinajstić information content (AvgIpc) is 3.18. The van der Waals surface area contributed by atoms with Gasteiger partial charge in [0.15, 0.2) is 0 Å². The number of aryl methyl sites for hydroxylation is 2. The molecule has 0 aromatic heterocycles. The largest absolute Gasteiger partial charge is 0.318 e. The summed E-state index contributed by atoms with van der Waals surface area (Å²) in [6, 6.07) is 11.9. The van der Waals surface area contributed by atoms with Gasteiger partial charge in [-0.25, -0.2) is 4.99 Å². The molecule has 0 radical (unpaired) electrons. The Morgan fingerprint density at radius 3 is 1.90 bits per heavy atom. The topological polar surface area (TPSA) is 91.5 Å². The lowest BCUT2D eigenvalue weighted by Gasteiger charge is -2.33. The van der Waals surface area contributed by atoms with Gasteiger partial charge in [-0.3, -0.25) is 4.55 Å². The standard InChI is InChI=1S/C21H21N3O3S2/c1-3-14-7-5-9-16-11-22-23-12-17-10-6-8-15(4-2)19(17)21(18(14)16)13-28-20(24-21)29(25,26)27/h5-12H,3-4,13H2,1-2H3,(H,25,26,27)/b22-11-,23-12-. The number of nitrogens with zero attached hydrogens (tertiary/aromatic N) is 3. The molecule has 0 aliphatic carbocycles. The number of rotatable bonds is 2. The summed E-state index contributed by atoms with van der Waals surface area (Å²) >= 11 is 1.07. The van der Waals surface area contributed by atoms with E-state index in [1.54, 1.807) is 12.4 Å². The van der Waals surface area contributed by atoms with Crippen LogP contribution < -0.4 is 0 Å². The summed E-state index contributed by atoms with van der Waals surface area (Å²) in [5.74, 6) is 0.373. The molecule has 1 spiro atoms. The molecule has 2 heterocycles. The van der Waals surface area contributed by atoms with Gasteiger partial charge in [-0.2, -0.15) is 18.6 Å². The van der Waals surface area contributed by atoms with E-state index >= 15 is 0 Å². The van der Waals surface area contributed by atoms with Crippen molar-refractivity contribution in [2.24, 2.45) is 15.2 Å². The highest BCUT2D eigenvalue weighted by atomic mass is 32.3. The van der Waals surface area contributed by atoms with Gasteiger partial charge in [-0.1, -0.05) is 62.0 Å². The zero-order valence-corrected chi connectivity index (χ0v) is 17.8. The maximum atomic E-state index is 12.0. The van der Waals surface area contributed by atoms with Crippen LogP contribution in [0.25, 0.3) is 0 Å². The Balaban J connectivity index is 2.19. The van der Waals surface area contributed by atoms with Crippen molar-refractivity contribution >= 4 is 38.7 Å². The Morgan fingerprint density at radius 2 is 1.48 bits per heavy atom. The van der Waals surface area contributed by atoms with Crippen molar-refractivity contribution in [3.8, 4) is 0 Å². The van der Waals surface area contributed by atoms with Crippen molar-refractivity contribution < 1.29 is 13.0 Å². The Bertz CT molecular complexity index is 1100. The van der Waals surface area contributed by atoms with Gasteiger partial charge >= 0.3 is 10.1 Å². The van der Waals surface area contributed by atoms with E-state index in [0.29, 0.717) is 5.75 Å². The highest BCUT2D eigenvalue weighted by molar-refractivity contribution is 8.33. The van der Waals surface area contributed by atoms with E-state index in [-0.39, 0.29) is 4.38 Å². The lowest BCUT2D eigenvalue weighted by Crippen LogP contribution is -2.32. The fourth-order valence-electron chi connectivity index (χ4n) is 4.14. The van der Waals surface area contributed by atoms with Crippen LogP contribution in [0, 0.1) is 0 Å². The van der Waals surface area contributed by atoms with Gasteiger partial charge in [-0.05, 0) is 35.1 Å². The van der Waals surface area contributed by atoms with E-state index in [1.807, 2.05) is 36.4 Å². The van der Waals surface area contributed by atoms with E-state index in [9.17, 15) is 13.0 Å². The van der Waals surface area contributed by atoms with Gasteiger partial charge in [0.2, 0.25) is 4.38 Å². The van der Waals surface area contributed by atoms with E-state index in [0.717, 1.165) is 58.0 Å². The second kappa shape index (κ2) is 7.51. The number of hydrogen-bond acceptors (Lipinski definition) is 6. The first-order chi connectivity index (χ1) is 13.9. The molecule has 0 saturated heterocycles. The zero-order valence-electron chi connectivity index (χ0n) is 16.2. The Labute approximate surface area is 174 Å². The molecule has 0 saturated carbocycles. The van der Waals surface area contributed by atoms with E-state index in [4.69, 9.17) is 4.99 Å². The number of hydrogen-bond donors (Lipinski definition) is 1. The Morgan fingerprint density at radius 1 is 0.966 bits per heavy atom. The number of fused-ring (bicyclic) bond motifs is 4. The lowest BCUT2D eigenvalue weighted by molar-refractivity contribution is 0.498. The molecule has 0 fully saturated rings. The monoisotopic (exact) mass is 427 g/mol. The first-order valence-electron chi connectivity index (χ1n) is 9.42. The fourth-order valence-corrected chi connectivity index (χ4v) is 6.09. The van der Waals surface area contributed by atoms with Crippen LogP contribution in [0.5, 0.6) is 0 Å². The second-order valence-electron chi connectivity index (χ2n) is 6.96. The Hall–Kier alpha value is -2.29. The van der Waals surface area contributed by atoms with Crippen molar-refractivity contribution in [3.05, 3.63) is 69.8 Å². The van der Waals surface area contributed by atoms with Crippen molar-refractivity contribution in [3.63, 3.8) is 0 Å². The highest BCUT2D eigenvalue weighted by Crippen LogP contribution is 2.48. The van der Waals surface area contributed by atoms with Crippen LogP contribution >= 0.6 is 11.8 Å². The minimum Gasteiger partial charge on any atom is -0.280 e. The maximum Gasteiger partial charge on any atom is 0.318 e. The molecule has 2 aliphatic rings. The van der Waals surface area contributed by atoms with Crippen LogP contribution in [0.15, 0.2) is 51.6 Å². The molecular weight excluding hydrogens is 406 g/mol. The van der Waals surface area contributed by atoms with Crippen molar-refractivity contribution in [1.29, 1.82) is 0 Å². The van der Waals surface area contributed by atoms with E-state index in [2.05, 4.69) is 24.1 Å². The SMILES string of the molecule is CCc1cccc2c1C1(CSC(S(=O)(=O)O)=N1)c1c(cccc1CC)/C=N\N=C/2. The van der Waals surface area contributed by atoms with Crippen molar-refractivity contribution in [2.45, 2.75) is 32.2 Å². The van der Waals surface area contributed by atoms with Gasteiger partial charge in [0.25, 0.3) is 0 Å². The third-order valence-corrected chi connectivity index (χ3v) is 7.74. The summed E-state index contributed by atoms with van der Waals surface area (Å²) in [7, 11) is -4.41. The second-order valence-corrected chi connectivity index (χ2v) is 9.52. The van der Waals surface area contributed by atoms with E-state index < -0.39 is 15.7 Å². The average molecular weight is 428 g/mol. The number of thioether (sulfide) groups is 1.